The molecule has 0 atom stereocenters. The summed E-state index contributed by atoms with van der Waals surface area (Å²) in [5, 5.41) is 1.12. The lowest BCUT2D eigenvalue weighted by Crippen LogP contribution is -2.33. The quantitative estimate of drug-likeness (QED) is 0.447. The molecule has 0 radical (unpaired) electrons. The van der Waals surface area contributed by atoms with E-state index in [1.807, 2.05) is 30.8 Å². The number of halogens is 1. The second-order valence-corrected chi connectivity index (χ2v) is 10.8. The Labute approximate surface area is 218 Å². The predicted molar refractivity (Wildman–Crippen MR) is 146 cm³/mol. The van der Waals surface area contributed by atoms with Gasteiger partial charge in [-0.2, -0.15) is 0 Å². The number of likely N-dealkylation sites (tertiary alicyclic amines) is 1. The van der Waals surface area contributed by atoms with Gasteiger partial charge in [0.1, 0.15) is 5.82 Å². The number of rotatable bonds is 6. The lowest BCUT2D eigenvalue weighted by atomic mass is 10.00. The van der Waals surface area contributed by atoms with Gasteiger partial charge in [0.25, 0.3) is 5.91 Å². The van der Waals surface area contributed by atoms with Crippen molar-refractivity contribution < 1.29 is 13.9 Å². The van der Waals surface area contributed by atoms with E-state index in [0.29, 0.717) is 11.3 Å². The maximum absolute atomic E-state index is 14.3. The number of carbonyl (C=O) groups is 1. The van der Waals surface area contributed by atoms with Crippen LogP contribution < -0.4 is 0 Å². The van der Waals surface area contributed by atoms with Crippen LogP contribution in [0.2, 0.25) is 0 Å². The Hall–Kier alpha value is -3.03. The van der Waals surface area contributed by atoms with Crippen LogP contribution in [0.3, 0.4) is 0 Å². The zero-order chi connectivity index (χ0) is 26.1. The summed E-state index contributed by atoms with van der Waals surface area (Å²) in [6.45, 7) is 10.9. The molecule has 0 unspecified atom stereocenters. The zero-order valence-electron chi connectivity index (χ0n) is 22.3. The highest BCUT2D eigenvalue weighted by Gasteiger charge is 2.24. The van der Waals surface area contributed by atoms with Gasteiger partial charge in [0.15, 0.2) is 0 Å². The number of benzene rings is 1. The number of hydrogen-bond acceptors (Lipinski definition) is 4. The van der Waals surface area contributed by atoms with Gasteiger partial charge in [0.2, 0.25) is 0 Å². The third kappa shape index (κ3) is 5.34. The minimum atomic E-state index is -0.423. The van der Waals surface area contributed by atoms with Gasteiger partial charge in [-0.05, 0) is 69.7 Å². The van der Waals surface area contributed by atoms with E-state index in [1.165, 1.54) is 17.7 Å². The Kier molecular flexibility index (Phi) is 7.45. The van der Waals surface area contributed by atoms with E-state index in [-0.39, 0.29) is 11.9 Å². The van der Waals surface area contributed by atoms with Crippen LogP contribution >= 0.6 is 0 Å². The van der Waals surface area contributed by atoms with E-state index in [9.17, 15) is 9.18 Å². The van der Waals surface area contributed by atoms with Crippen molar-refractivity contribution >= 4 is 22.9 Å². The number of pyridine rings is 1. The highest BCUT2D eigenvalue weighted by atomic mass is 19.1. The lowest BCUT2D eigenvalue weighted by molar-refractivity contribution is 0.0558. The van der Waals surface area contributed by atoms with Crippen molar-refractivity contribution in [1.82, 2.24) is 19.4 Å². The third-order valence-electron chi connectivity index (χ3n) is 7.87. The Balaban J connectivity index is 1.51. The number of aromatic nitrogens is 2. The third-order valence-corrected chi connectivity index (χ3v) is 7.87. The molecule has 0 spiro atoms. The molecule has 2 fully saturated rings. The zero-order valence-corrected chi connectivity index (χ0v) is 22.3. The van der Waals surface area contributed by atoms with E-state index in [0.717, 1.165) is 80.1 Å². The molecule has 7 heteroatoms. The molecular formula is C30H37FN4O2. The summed E-state index contributed by atoms with van der Waals surface area (Å²) in [5.41, 5.74) is 5.52. The summed E-state index contributed by atoms with van der Waals surface area (Å²) in [4.78, 5) is 22.0. The number of amides is 1. The molecule has 0 aliphatic carbocycles. The number of ether oxygens (including phenoxy) is 1. The largest absolute Gasteiger partial charge is 0.381 e. The molecule has 4 heterocycles. The molecule has 1 amide bonds. The van der Waals surface area contributed by atoms with Crippen LogP contribution in [0.25, 0.3) is 22.7 Å². The summed E-state index contributed by atoms with van der Waals surface area (Å²) < 4.78 is 21.9. The van der Waals surface area contributed by atoms with Crippen molar-refractivity contribution in [3.05, 3.63) is 64.9 Å². The molecule has 2 aromatic heterocycles. The fraction of sp³-hybridized carbons (Fsp3) is 0.467. The average molecular weight is 505 g/mol. The summed E-state index contributed by atoms with van der Waals surface area (Å²) in [5.74, 6) is 0.0982. The second kappa shape index (κ2) is 10.8. The molecule has 0 saturated carbocycles. The van der Waals surface area contributed by atoms with Crippen molar-refractivity contribution in [3.8, 4) is 5.69 Å². The molecule has 2 saturated heterocycles. The molecule has 5 rings (SSSR count). The number of carbonyl (C=O) groups excluding carboxylic acids is 1. The SMILES string of the molecule is Cc1cncc2c1c(/C=C1/CCN(CC3CCOCC3)C1)cn2-c1ccc(F)cc1C(=O)N(C)C(C)C. The maximum atomic E-state index is 14.3. The summed E-state index contributed by atoms with van der Waals surface area (Å²) in [7, 11) is 1.75. The van der Waals surface area contributed by atoms with Gasteiger partial charge in [-0.25, -0.2) is 4.39 Å². The van der Waals surface area contributed by atoms with E-state index in [1.54, 1.807) is 18.0 Å². The lowest BCUT2D eigenvalue weighted by Gasteiger charge is -2.26. The van der Waals surface area contributed by atoms with Crippen LogP contribution in [0.15, 0.2) is 42.4 Å². The number of fused-ring (bicyclic) bond motifs is 1. The number of aryl methyl sites for hydroxylation is 1. The first-order valence-electron chi connectivity index (χ1n) is 13.3. The highest BCUT2D eigenvalue weighted by molar-refractivity contribution is 6.00. The number of hydrogen-bond donors (Lipinski definition) is 0. The molecule has 37 heavy (non-hydrogen) atoms. The van der Waals surface area contributed by atoms with Crippen LogP contribution in [0.1, 0.15) is 54.6 Å². The van der Waals surface area contributed by atoms with Crippen molar-refractivity contribution in [3.63, 3.8) is 0 Å². The fourth-order valence-electron chi connectivity index (χ4n) is 5.54. The smallest absolute Gasteiger partial charge is 0.256 e. The minimum Gasteiger partial charge on any atom is -0.381 e. The molecule has 3 aromatic rings. The molecule has 196 valence electrons. The topological polar surface area (TPSA) is 50.6 Å². The van der Waals surface area contributed by atoms with Crippen molar-refractivity contribution in [2.24, 2.45) is 5.92 Å². The Bertz CT molecular complexity index is 1320. The Morgan fingerprint density at radius 1 is 1.27 bits per heavy atom. The van der Waals surface area contributed by atoms with Crippen LogP contribution in [0, 0.1) is 18.7 Å². The molecule has 6 nitrogen and oxygen atoms in total. The monoisotopic (exact) mass is 504 g/mol. The summed E-state index contributed by atoms with van der Waals surface area (Å²) >= 11 is 0. The van der Waals surface area contributed by atoms with E-state index in [2.05, 4.69) is 29.1 Å². The summed E-state index contributed by atoms with van der Waals surface area (Å²) in [6, 6.07) is 4.45. The first kappa shape index (κ1) is 25.6. The van der Waals surface area contributed by atoms with Crippen LogP contribution in [0.5, 0.6) is 0 Å². The molecule has 0 bridgehead atoms. The van der Waals surface area contributed by atoms with Gasteiger partial charge in [0, 0.05) is 69.3 Å². The van der Waals surface area contributed by atoms with Gasteiger partial charge in [0.05, 0.1) is 23.0 Å². The average Bonchev–Trinajstić information content (AvgIpc) is 3.48. The fourth-order valence-corrected chi connectivity index (χ4v) is 5.54. The molecule has 0 N–H and O–H groups in total. The van der Waals surface area contributed by atoms with E-state index < -0.39 is 5.82 Å². The van der Waals surface area contributed by atoms with Gasteiger partial charge < -0.3 is 14.2 Å². The minimum absolute atomic E-state index is 0.000627. The molecular weight excluding hydrogens is 467 g/mol. The molecule has 2 aliphatic rings. The van der Waals surface area contributed by atoms with Crippen molar-refractivity contribution in [2.45, 2.75) is 46.1 Å². The van der Waals surface area contributed by atoms with Gasteiger partial charge in [-0.3, -0.25) is 14.7 Å². The van der Waals surface area contributed by atoms with Crippen molar-refractivity contribution in [1.29, 1.82) is 0 Å². The Morgan fingerprint density at radius 2 is 2.05 bits per heavy atom. The highest BCUT2D eigenvalue weighted by Crippen LogP contribution is 2.32. The first-order chi connectivity index (χ1) is 17.8. The van der Waals surface area contributed by atoms with Crippen LogP contribution in [0.4, 0.5) is 4.39 Å². The first-order valence-corrected chi connectivity index (χ1v) is 13.3. The standard InChI is InChI=1S/C30H37FN4O2/c1-20(2)33(4)30(36)26-14-25(31)5-6-27(26)35-19-24(29-21(3)15-32-16-28(29)35)13-23-7-10-34(18-23)17-22-8-11-37-12-9-22/h5-6,13-16,19-20,22H,7-12,17-18H2,1-4H3/b23-13-. The van der Waals surface area contributed by atoms with Crippen molar-refractivity contribution in [2.75, 3.05) is 39.9 Å². The van der Waals surface area contributed by atoms with Crippen LogP contribution in [-0.2, 0) is 4.74 Å². The Morgan fingerprint density at radius 3 is 2.81 bits per heavy atom. The molecule has 2 aliphatic heterocycles. The normalized spacial score (nSPS) is 18.4. The summed E-state index contributed by atoms with van der Waals surface area (Å²) in [6.07, 6.45) is 11.5. The second-order valence-electron chi connectivity index (χ2n) is 10.8. The van der Waals surface area contributed by atoms with Gasteiger partial charge >= 0.3 is 0 Å². The predicted octanol–water partition coefficient (Wildman–Crippen LogP) is 5.47. The van der Waals surface area contributed by atoms with Crippen LogP contribution in [-0.4, -0.2) is 71.2 Å². The van der Waals surface area contributed by atoms with E-state index in [4.69, 9.17) is 4.74 Å². The molecule has 1 aromatic carbocycles. The van der Waals surface area contributed by atoms with Gasteiger partial charge in [-0.15, -0.1) is 0 Å². The van der Waals surface area contributed by atoms with E-state index >= 15 is 0 Å². The number of nitrogens with zero attached hydrogens (tertiary/aromatic N) is 4. The maximum Gasteiger partial charge on any atom is 0.256 e. The van der Waals surface area contributed by atoms with Gasteiger partial charge in [-0.1, -0.05) is 11.6 Å².